The maximum Gasteiger partial charge on any atom is 0.102 e. The zero-order valence-corrected chi connectivity index (χ0v) is 8.87. The number of aliphatic hydroxyl groups is 2. The van der Waals surface area contributed by atoms with E-state index in [0.29, 0.717) is 26.2 Å². The van der Waals surface area contributed by atoms with Crippen LogP contribution in [-0.2, 0) is 0 Å². The highest BCUT2D eigenvalue weighted by Crippen LogP contribution is 1.65. The third-order valence-electron chi connectivity index (χ3n) is 1.19. The smallest absolute Gasteiger partial charge is 0.102 e. The summed E-state index contributed by atoms with van der Waals surface area (Å²) < 4.78 is 0. The molecule has 0 aromatic carbocycles. The van der Waals surface area contributed by atoms with E-state index in [4.69, 9.17) is 21.7 Å². The van der Waals surface area contributed by atoms with Gasteiger partial charge in [-0.3, -0.25) is 5.32 Å². The number of rotatable bonds is 7. The summed E-state index contributed by atoms with van der Waals surface area (Å²) in [5, 5.41) is 22.3. The van der Waals surface area contributed by atoms with E-state index in [1.807, 2.05) is 0 Å². The molecule has 1 atom stereocenters. The highest BCUT2D eigenvalue weighted by Gasteiger charge is 1.87. The summed E-state index contributed by atoms with van der Waals surface area (Å²) >= 11 is 0. The average molecular weight is 208 g/mol. The first kappa shape index (κ1) is 16.2. The minimum atomic E-state index is -0.427. The predicted octanol–water partition coefficient (Wildman–Crippen LogP) is -2.60. The van der Waals surface area contributed by atoms with E-state index in [1.165, 1.54) is 0 Å². The predicted molar refractivity (Wildman–Crippen MR) is 57.7 cm³/mol. The maximum absolute atomic E-state index is 8.52. The van der Waals surface area contributed by atoms with E-state index in [-0.39, 0.29) is 6.61 Å². The second kappa shape index (κ2) is 15.2. The zero-order chi connectivity index (χ0) is 11.2. The lowest BCUT2D eigenvalue weighted by atomic mass is 10.6. The van der Waals surface area contributed by atoms with Gasteiger partial charge in [-0.05, 0) is 6.92 Å². The van der Waals surface area contributed by atoms with Gasteiger partial charge in [-0.15, -0.1) is 0 Å². The molecular weight excluding hydrogens is 184 g/mol. The first-order valence-corrected chi connectivity index (χ1v) is 4.82. The summed E-state index contributed by atoms with van der Waals surface area (Å²) in [7, 11) is 0. The van der Waals surface area contributed by atoms with Crippen LogP contribution >= 0.6 is 0 Å². The van der Waals surface area contributed by atoms with Gasteiger partial charge >= 0.3 is 0 Å². The minimum absolute atomic E-state index is 0.194. The summed E-state index contributed by atoms with van der Waals surface area (Å²) in [5.41, 5.74) is 10.2. The second-order valence-corrected chi connectivity index (χ2v) is 2.68. The van der Waals surface area contributed by atoms with Crippen molar-refractivity contribution in [3.63, 3.8) is 0 Å². The number of nitrogens with two attached hydrogens (primary N) is 2. The van der Waals surface area contributed by atoms with Crippen LogP contribution in [0.4, 0.5) is 0 Å². The largest absolute Gasteiger partial charge is 0.395 e. The topological polar surface area (TPSA) is 117 Å². The van der Waals surface area contributed by atoms with E-state index in [9.17, 15) is 0 Å². The fourth-order valence-electron chi connectivity index (χ4n) is 0.598. The van der Waals surface area contributed by atoms with E-state index < -0.39 is 6.23 Å². The number of nitrogens with one attached hydrogen (secondary N) is 2. The summed E-state index contributed by atoms with van der Waals surface area (Å²) in [5.74, 6) is 0. The van der Waals surface area contributed by atoms with Gasteiger partial charge in [0.2, 0.25) is 0 Å². The molecule has 0 bridgehead atoms. The Labute approximate surface area is 85.7 Å². The van der Waals surface area contributed by atoms with Crippen LogP contribution in [0.5, 0.6) is 0 Å². The molecule has 0 amide bonds. The molecule has 0 aliphatic heterocycles. The molecule has 88 valence electrons. The van der Waals surface area contributed by atoms with Crippen LogP contribution in [0.25, 0.3) is 0 Å². The van der Waals surface area contributed by atoms with Crippen molar-refractivity contribution in [2.45, 2.75) is 13.2 Å². The monoisotopic (exact) mass is 208 g/mol. The molecule has 0 aromatic heterocycles. The first-order valence-electron chi connectivity index (χ1n) is 4.82. The molecule has 0 aliphatic rings. The van der Waals surface area contributed by atoms with Gasteiger partial charge in [-0.1, -0.05) is 0 Å². The van der Waals surface area contributed by atoms with Gasteiger partial charge in [0.05, 0.1) is 6.61 Å². The molecule has 0 spiro atoms. The van der Waals surface area contributed by atoms with Crippen molar-refractivity contribution < 1.29 is 10.2 Å². The van der Waals surface area contributed by atoms with Gasteiger partial charge in [0.1, 0.15) is 6.23 Å². The van der Waals surface area contributed by atoms with Crippen LogP contribution in [0.3, 0.4) is 0 Å². The Bertz CT molecular complexity index is 89.4. The summed E-state index contributed by atoms with van der Waals surface area (Å²) in [6, 6.07) is 0. The molecule has 6 nitrogen and oxygen atoms in total. The fourth-order valence-corrected chi connectivity index (χ4v) is 0.598. The van der Waals surface area contributed by atoms with Crippen molar-refractivity contribution in [3.05, 3.63) is 0 Å². The molecule has 0 saturated carbocycles. The van der Waals surface area contributed by atoms with Crippen molar-refractivity contribution >= 4 is 0 Å². The molecule has 14 heavy (non-hydrogen) atoms. The van der Waals surface area contributed by atoms with Gasteiger partial charge < -0.3 is 27.0 Å². The molecule has 0 fully saturated rings. The van der Waals surface area contributed by atoms with E-state index in [0.717, 1.165) is 6.54 Å². The molecular formula is C8H24N4O2. The van der Waals surface area contributed by atoms with Gasteiger partial charge in [0.15, 0.2) is 0 Å². The molecule has 0 aliphatic carbocycles. The summed E-state index contributed by atoms with van der Waals surface area (Å²) in [6.45, 7) is 5.19. The van der Waals surface area contributed by atoms with E-state index in [2.05, 4.69) is 10.6 Å². The van der Waals surface area contributed by atoms with Gasteiger partial charge in [-0.2, -0.15) is 0 Å². The Kier molecular flexibility index (Phi) is 17.6. The molecule has 0 heterocycles. The highest BCUT2D eigenvalue weighted by atomic mass is 16.3. The van der Waals surface area contributed by atoms with Crippen LogP contribution in [-0.4, -0.2) is 55.8 Å². The van der Waals surface area contributed by atoms with E-state index in [1.54, 1.807) is 6.92 Å². The minimum Gasteiger partial charge on any atom is -0.395 e. The lowest BCUT2D eigenvalue weighted by Crippen LogP contribution is -2.30. The van der Waals surface area contributed by atoms with Gasteiger partial charge in [0, 0.05) is 32.7 Å². The molecule has 0 saturated heterocycles. The maximum atomic E-state index is 8.52. The third kappa shape index (κ3) is 22.6. The number of hydrogen-bond donors (Lipinski definition) is 6. The Morgan fingerprint density at radius 3 is 2.00 bits per heavy atom. The number of aliphatic hydroxyl groups excluding tert-OH is 2. The summed E-state index contributed by atoms with van der Waals surface area (Å²) in [4.78, 5) is 0. The van der Waals surface area contributed by atoms with Crippen molar-refractivity contribution in [1.82, 2.24) is 10.6 Å². The Balaban J connectivity index is 0. The third-order valence-corrected chi connectivity index (χ3v) is 1.19. The van der Waals surface area contributed by atoms with Crippen molar-refractivity contribution in [1.29, 1.82) is 0 Å². The Hall–Kier alpha value is -0.240. The van der Waals surface area contributed by atoms with Crippen LogP contribution in [0, 0.1) is 0 Å². The second-order valence-electron chi connectivity index (χ2n) is 2.68. The van der Waals surface area contributed by atoms with Crippen LogP contribution in [0.15, 0.2) is 0 Å². The zero-order valence-electron chi connectivity index (χ0n) is 8.87. The summed E-state index contributed by atoms with van der Waals surface area (Å²) in [6.07, 6.45) is -0.427. The fraction of sp³-hybridized carbons (Fsp3) is 1.00. The van der Waals surface area contributed by atoms with E-state index >= 15 is 0 Å². The van der Waals surface area contributed by atoms with Crippen molar-refractivity contribution in [3.8, 4) is 0 Å². The normalized spacial score (nSPS) is 11.8. The molecule has 1 unspecified atom stereocenters. The lowest BCUT2D eigenvalue weighted by molar-refractivity contribution is 0.158. The average Bonchev–Trinajstić information content (AvgIpc) is 2.16. The SMILES string of the molecule is CC(O)NCCN.NCCNCCO. The lowest BCUT2D eigenvalue weighted by Gasteiger charge is -2.02. The Morgan fingerprint density at radius 1 is 1.14 bits per heavy atom. The highest BCUT2D eigenvalue weighted by molar-refractivity contribution is 4.44. The molecule has 0 aromatic rings. The molecule has 0 radical (unpaired) electrons. The van der Waals surface area contributed by atoms with Crippen LogP contribution in [0.1, 0.15) is 6.92 Å². The van der Waals surface area contributed by atoms with Gasteiger partial charge in [-0.25, -0.2) is 0 Å². The van der Waals surface area contributed by atoms with Crippen molar-refractivity contribution in [2.75, 3.05) is 39.3 Å². The van der Waals surface area contributed by atoms with Crippen LogP contribution in [0.2, 0.25) is 0 Å². The molecule has 0 rings (SSSR count). The quantitative estimate of drug-likeness (QED) is 0.202. The number of hydrogen-bond acceptors (Lipinski definition) is 6. The van der Waals surface area contributed by atoms with Crippen molar-refractivity contribution in [2.24, 2.45) is 11.5 Å². The molecule has 6 heteroatoms. The van der Waals surface area contributed by atoms with Crippen LogP contribution < -0.4 is 22.1 Å². The Morgan fingerprint density at radius 2 is 1.71 bits per heavy atom. The first-order chi connectivity index (χ1) is 6.68. The van der Waals surface area contributed by atoms with Gasteiger partial charge in [0.25, 0.3) is 0 Å². The molecule has 8 N–H and O–H groups in total. The standard InChI is InChI=1S/2C4H12N2O/c1-4(7)6-3-2-5;5-1-2-6-3-4-7/h4,6-7H,2-3,5H2,1H3;6-7H,1-5H2.